The third-order valence-corrected chi connectivity index (χ3v) is 5.46. The van der Waals surface area contributed by atoms with Gasteiger partial charge in [0.05, 0.1) is 36.4 Å². The van der Waals surface area contributed by atoms with Crippen LogP contribution in [0.1, 0.15) is 37.5 Å². The zero-order valence-electron chi connectivity index (χ0n) is 15.7. The molecule has 0 amide bonds. The van der Waals surface area contributed by atoms with E-state index in [9.17, 15) is 9.59 Å². The second-order valence-corrected chi connectivity index (χ2v) is 7.37. The molecule has 0 unspecified atom stereocenters. The zero-order chi connectivity index (χ0) is 19.2. The Bertz CT molecular complexity index is 683. The fraction of sp³-hybridized carbons (Fsp3) is 0.500. The quantitative estimate of drug-likeness (QED) is 0.665. The average molecular weight is 391 g/mol. The molecule has 7 heteroatoms. The van der Waals surface area contributed by atoms with Gasteiger partial charge in [0.25, 0.3) is 0 Å². The minimum absolute atomic E-state index is 0.0858. The Hall–Kier alpha value is -2.12. The maximum Gasteiger partial charge on any atom is 0.336 e. The highest BCUT2D eigenvalue weighted by molar-refractivity contribution is 7.10. The minimum atomic E-state index is -0.483. The van der Waals surface area contributed by atoms with Crippen molar-refractivity contribution < 1.29 is 23.8 Å². The van der Waals surface area contributed by atoms with E-state index in [0.29, 0.717) is 17.7 Å². The molecule has 1 atom stereocenters. The number of esters is 2. The Kier molecular flexibility index (Phi) is 6.68. The summed E-state index contributed by atoms with van der Waals surface area (Å²) in [5, 5.41) is 1.93. The predicted molar refractivity (Wildman–Crippen MR) is 102 cm³/mol. The van der Waals surface area contributed by atoms with Gasteiger partial charge in [-0.25, -0.2) is 9.59 Å². The summed E-state index contributed by atoms with van der Waals surface area (Å²) in [4.78, 5) is 28.1. The van der Waals surface area contributed by atoms with Gasteiger partial charge in [0.1, 0.15) is 0 Å². The summed E-state index contributed by atoms with van der Waals surface area (Å²) in [5.41, 5.74) is 0.894. The Balaban J connectivity index is 1.97. The molecule has 1 aromatic heterocycles. The van der Waals surface area contributed by atoms with Gasteiger partial charge in [-0.2, -0.15) is 0 Å². The second kappa shape index (κ2) is 9.19. The van der Waals surface area contributed by atoms with Crippen molar-refractivity contribution in [1.82, 2.24) is 4.90 Å². The molecule has 0 bridgehead atoms. The molecule has 0 spiro atoms. The van der Waals surface area contributed by atoms with E-state index in [4.69, 9.17) is 14.2 Å². The number of rotatable bonds is 7. The van der Waals surface area contributed by atoms with Crippen LogP contribution in [0.5, 0.6) is 0 Å². The number of hydrogen-bond donors (Lipinski definition) is 0. The number of nitrogens with zero attached hydrogens (tertiary/aromatic N) is 1. The van der Waals surface area contributed by atoms with Crippen LogP contribution in [0.4, 0.5) is 0 Å². The highest BCUT2D eigenvalue weighted by Crippen LogP contribution is 2.39. The van der Waals surface area contributed by atoms with Gasteiger partial charge in [0.15, 0.2) is 0 Å². The standard InChI is InChI=1S/C20H25NO5S/c1-3-24-19(22)15-12-21(11-14-7-5-9-26-14)13-16(20(23)25-4-2)18(15)17-8-6-10-27-17/h6,8,10,12-14,18H,3-5,7,9,11H2,1-2H3/t14-/m0/s1. The monoisotopic (exact) mass is 391 g/mol. The lowest BCUT2D eigenvalue weighted by Crippen LogP contribution is -2.32. The van der Waals surface area contributed by atoms with Crippen molar-refractivity contribution in [3.63, 3.8) is 0 Å². The molecule has 0 aliphatic carbocycles. The number of thiophene rings is 1. The molecular formula is C20H25NO5S. The summed E-state index contributed by atoms with van der Waals surface area (Å²) in [7, 11) is 0. The van der Waals surface area contributed by atoms with Gasteiger partial charge < -0.3 is 19.1 Å². The smallest absolute Gasteiger partial charge is 0.336 e. The van der Waals surface area contributed by atoms with Crippen LogP contribution in [0.2, 0.25) is 0 Å². The fourth-order valence-corrected chi connectivity index (χ4v) is 4.23. The number of carbonyl (C=O) groups excluding carboxylic acids is 2. The van der Waals surface area contributed by atoms with Gasteiger partial charge in [-0.05, 0) is 38.1 Å². The molecule has 2 aliphatic rings. The van der Waals surface area contributed by atoms with Crippen molar-refractivity contribution in [2.45, 2.75) is 38.7 Å². The molecule has 1 saturated heterocycles. The summed E-state index contributed by atoms with van der Waals surface area (Å²) in [6, 6.07) is 3.83. The van der Waals surface area contributed by atoms with E-state index in [1.54, 1.807) is 26.2 Å². The van der Waals surface area contributed by atoms with Crippen molar-refractivity contribution in [1.29, 1.82) is 0 Å². The molecule has 0 aromatic carbocycles. The van der Waals surface area contributed by atoms with E-state index in [2.05, 4.69) is 0 Å². The Labute approximate surface area is 163 Å². The molecule has 2 aliphatic heterocycles. The van der Waals surface area contributed by atoms with Crippen molar-refractivity contribution >= 4 is 23.3 Å². The SMILES string of the molecule is CCOC(=O)C1=CN(C[C@@H]2CCCO2)C=C(C(=O)OCC)C1c1cccs1. The lowest BCUT2D eigenvalue weighted by Gasteiger charge is -2.30. The van der Waals surface area contributed by atoms with E-state index in [1.165, 1.54) is 11.3 Å². The van der Waals surface area contributed by atoms with Crippen LogP contribution in [0.3, 0.4) is 0 Å². The van der Waals surface area contributed by atoms with Crippen molar-refractivity contribution in [3.8, 4) is 0 Å². The van der Waals surface area contributed by atoms with Crippen LogP contribution in [0, 0.1) is 0 Å². The first kappa shape index (κ1) is 19.6. The Morgan fingerprint density at radius 3 is 2.33 bits per heavy atom. The van der Waals surface area contributed by atoms with E-state index >= 15 is 0 Å². The topological polar surface area (TPSA) is 65.1 Å². The molecule has 0 radical (unpaired) electrons. The minimum Gasteiger partial charge on any atom is -0.463 e. The third kappa shape index (κ3) is 4.59. The predicted octanol–water partition coefficient (Wildman–Crippen LogP) is 3.22. The van der Waals surface area contributed by atoms with Crippen LogP contribution in [0.15, 0.2) is 41.1 Å². The molecular weight excluding hydrogens is 366 g/mol. The largest absolute Gasteiger partial charge is 0.463 e. The first-order chi connectivity index (χ1) is 13.1. The van der Waals surface area contributed by atoms with Crippen LogP contribution in [-0.2, 0) is 23.8 Å². The molecule has 1 aromatic rings. The molecule has 146 valence electrons. The molecule has 6 nitrogen and oxygen atoms in total. The van der Waals surface area contributed by atoms with E-state index in [1.807, 2.05) is 22.4 Å². The molecule has 0 saturated carbocycles. The summed E-state index contributed by atoms with van der Waals surface area (Å²) in [6.07, 6.45) is 5.65. The lowest BCUT2D eigenvalue weighted by atomic mass is 9.88. The van der Waals surface area contributed by atoms with Crippen molar-refractivity contribution in [2.75, 3.05) is 26.4 Å². The lowest BCUT2D eigenvalue weighted by molar-refractivity contribution is -0.139. The Morgan fingerprint density at radius 1 is 1.19 bits per heavy atom. The van der Waals surface area contributed by atoms with Gasteiger partial charge in [-0.15, -0.1) is 11.3 Å². The van der Waals surface area contributed by atoms with Crippen LogP contribution < -0.4 is 0 Å². The zero-order valence-corrected chi connectivity index (χ0v) is 16.5. The van der Waals surface area contributed by atoms with Crippen LogP contribution >= 0.6 is 11.3 Å². The van der Waals surface area contributed by atoms with Gasteiger partial charge >= 0.3 is 11.9 Å². The molecule has 27 heavy (non-hydrogen) atoms. The van der Waals surface area contributed by atoms with Gasteiger partial charge in [-0.1, -0.05) is 6.07 Å². The summed E-state index contributed by atoms with van der Waals surface area (Å²) in [6.45, 7) is 5.43. The van der Waals surface area contributed by atoms with E-state index in [0.717, 1.165) is 24.3 Å². The van der Waals surface area contributed by atoms with E-state index in [-0.39, 0.29) is 19.3 Å². The first-order valence-corrected chi connectivity index (χ1v) is 10.2. The Morgan fingerprint density at radius 2 is 1.85 bits per heavy atom. The van der Waals surface area contributed by atoms with Crippen LogP contribution in [0.25, 0.3) is 0 Å². The highest BCUT2D eigenvalue weighted by atomic mass is 32.1. The number of carbonyl (C=O) groups is 2. The number of ether oxygens (including phenoxy) is 3. The average Bonchev–Trinajstić information content (AvgIpc) is 3.35. The maximum absolute atomic E-state index is 12.7. The van der Waals surface area contributed by atoms with Crippen molar-refractivity contribution in [2.24, 2.45) is 0 Å². The maximum atomic E-state index is 12.7. The van der Waals surface area contributed by atoms with Gasteiger partial charge in [-0.3, -0.25) is 0 Å². The van der Waals surface area contributed by atoms with E-state index < -0.39 is 17.9 Å². The third-order valence-electron chi connectivity index (χ3n) is 4.52. The normalized spacial score (nSPS) is 20.2. The van der Waals surface area contributed by atoms with Gasteiger partial charge in [0.2, 0.25) is 0 Å². The number of hydrogen-bond acceptors (Lipinski definition) is 7. The summed E-state index contributed by atoms with van der Waals surface area (Å²) >= 11 is 1.50. The fourth-order valence-electron chi connectivity index (χ4n) is 3.37. The molecule has 0 N–H and O–H groups in total. The second-order valence-electron chi connectivity index (χ2n) is 6.39. The van der Waals surface area contributed by atoms with Crippen molar-refractivity contribution in [3.05, 3.63) is 45.9 Å². The summed E-state index contributed by atoms with van der Waals surface area (Å²) in [5.74, 6) is -1.31. The molecule has 3 heterocycles. The highest BCUT2D eigenvalue weighted by Gasteiger charge is 2.36. The molecule has 3 rings (SSSR count). The summed E-state index contributed by atoms with van der Waals surface area (Å²) < 4.78 is 16.3. The first-order valence-electron chi connectivity index (χ1n) is 9.32. The molecule has 1 fully saturated rings. The van der Waals surface area contributed by atoms with Crippen LogP contribution in [-0.4, -0.2) is 49.3 Å². The van der Waals surface area contributed by atoms with Gasteiger partial charge in [0, 0.05) is 30.4 Å².